The van der Waals surface area contributed by atoms with Crippen LogP contribution in [-0.4, -0.2) is 15.4 Å². The molecule has 0 atom stereocenters. The molecule has 0 aliphatic carbocycles. The molecule has 24 heavy (non-hydrogen) atoms. The standard InChI is InChI=1S/C16H10FN3O3S/c17-12-5-2-1-4-11(12)15-18-19-16(22-15)24-9-10-8-14(23-20-10)13-6-3-7-21-13/h1-8H,9H2. The largest absolute Gasteiger partial charge is 0.461 e. The third-order valence-electron chi connectivity index (χ3n) is 3.18. The Morgan fingerprint density at radius 1 is 1.04 bits per heavy atom. The molecule has 3 aromatic heterocycles. The van der Waals surface area contributed by atoms with Gasteiger partial charge in [0.05, 0.1) is 17.5 Å². The van der Waals surface area contributed by atoms with Gasteiger partial charge >= 0.3 is 0 Å². The second-order valence-electron chi connectivity index (χ2n) is 4.80. The van der Waals surface area contributed by atoms with Crippen molar-refractivity contribution in [2.24, 2.45) is 0 Å². The zero-order chi connectivity index (χ0) is 16.4. The molecule has 0 amide bonds. The highest BCUT2D eigenvalue weighted by Crippen LogP contribution is 2.28. The van der Waals surface area contributed by atoms with Crippen molar-refractivity contribution in [2.45, 2.75) is 11.0 Å². The van der Waals surface area contributed by atoms with Gasteiger partial charge in [-0.25, -0.2) is 4.39 Å². The molecule has 0 spiro atoms. The van der Waals surface area contributed by atoms with E-state index in [1.807, 2.05) is 0 Å². The van der Waals surface area contributed by atoms with Crippen LogP contribution < -0.4 is 0 Å². The Morgan fingerprint density at radius 2 is 1.96 bits per heavy atom. The Hall–Kier alpha value is -2.87. The van der Waals surface area contributed by atoms with Crippen molar-refractivity contribution in [1.82, 2.24) is 15.4 Å². The number of hydrogen-bond acceptors (Lipinski definition) is 7. The molecule has 1 aromatic carbocycles. The highest BCUT2D eigenvalue weighted by molar-refractivity contribution is 7.98. The lowest BCUT2D eigenvalue weighted by atomic mass is 10.2. The number of benzene rings is 1. The van der Waals surface area contributed by atoms with E-state index < -0.39 is 5.82 Å². The highest BCUT2D eigenvalue weighted by Gasteiger charge is 2.14. The number of rotatable bonds is 5. The molecule has 0 fully saturated rings. The Kier molecular flexibility index (Phi) is 3.87. The van der Waals surface area contributed by atoms with Gasteiger partial charge in [0, 0.05) is 11.8 Å². The minimum absolute atomic E-state index is 0.145. The Labute approximate surface area is 139 Å². The molecule has 0 unspecified atom stereocenters. The van der Waals surface area contributed by atoms with Crippen LogP contribution in [0.3, 0.4) is 0 Å². The van der Waals surface area contributed by atoms with Gasteiger partial charge in [0.15, 0.2) is 5.76 Å². The number of furan rings is 1. The van der Waals surface area contributed by atoms with E-state index in [2.05, 4.69) is 15.4 Å². The number of aromatic nitrogens is 3. The first kappa shape index (κ1) is 14.7. The molecular weight excluding hydrogens is 333 g/mol. The van der Waals surface area contributed by atoms with Gasteiger partial charge in [-0.1, -0.05) is 29.1 Å². The molecule has 0 saturated heterocycles. The summed E-state index contributed by atoms with van der Waals surface area (Å²) in [5.41, 5.74) is 0.982. The first-order chi connectivity index (χ1) is 11.8. The molecular formula is C16H10FN3O3S. The lowest BCUT2D eigenvalue weighted by Crippen LogP contribution is -1.82. The van der Waals surface area contributed by atoms with Crippen LogP contribution in [0.5, 0.6) is 0 Å². The van der Waals surface area contributed by atoms with Crippen molar-refractivity contribution in [3.05, 3.63) is 60.2 Å². The number of hydrogen-bond donors (Lipinski definition) is 0. The van der Waals surface area contributed by atoms with E-state index in [9.17, 15) is 4.39 Å². The van der Waals surface area contributed by atoms with Crippen LogP contribution in [0.2, 0.25) is 0 Å². The summed E-state index contributed by atoms with van der Waals surface area (Å²) in [5.74, 6) is 1.37. The van der Waals surface area contributed by atoms with Crippen molar-refractivity contribution in [1.29, 1.82) is 0 Å². The lowest BCUT2D eigenvalue weighted by Gasteiger charge is -1.95. The first-order valence-corrected chi connectivity index (χ1v) is 7.99. The summed E-state index contributed by atoms with van der Waals surface area (Å²) in [5, 5.41) is 12.1. The smallest absolute Gasteiger partial charge is 0.277 e. The topological polar surface area (TPSA) is 78.1 Å². The van der Waals surface area contributed by atoms with Crippen molar-refractivity contribution in [3.63, 3.8) is 0 Å². The monoisotopic (exact) mass is 343 g/mol. The molecule has 8 heteroatoms. The summed E-state index contributed by atoms with van der Waals surface area (Å²) < 4.78 is 29.6. The van der Waals surface area contributed by atoms with Crippen molar-refractivity contribution < 1.29 is 17.7 Å². The Bertz CT molecular complexity index is 949. The zero-order valence-corrected chi connectivity index (χ0v) is 13.0. The van der Waals surface area contributed by atoms with Gasteiger partial charge in [0.2, 0.25) is 5.76 Å². The fraction of sp³-hybridized carbons (Fsp3) is 0.0625. The molecule has 0 radical (unpaired) electrons. The van der Waals surface area contributed by atoms with Crippen molar-refractivity contribution in [2.75, 3.05) is 0 Å². The number of nitrogens with zero attached hydrogens (tertiary/aromatic N) is 3. The number of halogens is 1. The molecule has 120 valence electrons. The van der Waals surface area contributed by atoms with Gasteiger partial charge in [-0.3, -0.25) is 0 Å². The van der Waals surface area contributed by atoms with E-state index in [-0.39, 0.29) is 11.5 Å². The second kappa shape index (κ2) is 6.32. The summed E-state index contributed by atoms with van der Waals surface area (Å²) in [6, 6.07) is 11.6. The molecule has 0 bridgehead atoms. The fourth-order valence-electron chi connectivity index (χ4n) is 2.06. The fourth-order valence-corrected chi connectivity index (χ4v) is 2.71. The van der Waals surface area contributed by atoms with Crippen LogP contribution in [0.25, 0.3) is 23.0 Å². The third-order valence-corrected chi connectivity index (χ3v) is 4.03. The normalized spacial score (nSPS) is 11.0. The molecule has 4 rings (SSSR count). The van der Waals surface area contributed by atoms with Crippen LogP contribution >= 0.6 is 11.8 Å². The molecule has 0 N–H and O–H groups in total. The van der Waals surface area contributed by atoms with Crippen LogP contribution in [0.4, 0.5) is 4.39 Å². The van der Waals surface area contributed by atoms with Gasteiger partial charge in [0.1, 0.15) is 5.82 Å². The summed E-state index contributed by atoms with van der Waals surface area (Å²) >= 11 is 1.29. The predicted molar refractivity (Wildman–Crippen MR) is 83.5 cm³/mol. The average molecular weight is 343 g/mol. The van der Waals surface area contributed by atoms with Gasteiger partial charge < -0.3 is 13.4 Å². The highest BCUT2D eigenvalue weighted by atomic mass is 32.2. The van der Waals surface area contributed by atoms with Crippen LogP contribution in [0.15, 0.2) is 67.3 Å². The summed E-state index contributed by atoms with van der Waals surface area (Å²) in [4.78, 5) is 0. The summed E-state index contributed by atoms with van der Waals surface area (Å²) in [6.45, 7) is 0. The molecule has 0 aliphatic heterocycles. The minimum Gasteiger partial charge on any atom is -0.461 e. The van der Waals surface area contributed by atoms with Gasteiger partial charge in [-0.15, -0.1) is 10.2 Å². The molecule has 0 aliphatic rings. The predicted octanol–water partition coefficient (Wildman–Crippen LogP) is 4.42. The van der Waals surface area contributed by atoms with Gasteiger partial charge in [-0.2, -0.15) is 0 Å². The van der Waals surface area contributed by atoms with E-state index in [0.29, 0.717) is 28.2 Å². The van der Waals surface area contributed by atoms with Crippen LogP contribution in [-0.2, 0) is 5.75 Å². The maximum Gasteiger partial charge on any atom is 0.277 e. The Morgan fingerprint density at radius 3 is 2.79 bits per heavy atom. The molecule has 0 saturated carbocycles. The van der Waals surface area contributed by atoms with Crippen molar-refractivity contribution in [3.8, 4) is 23.0 Å². The maximum absolute atomic E-state index is 13.7. The average Bonchev–Trinajstić information content (AvgIpc) is 3.34. The van der Waals surface area contributed by atoms with E-state index in [0.717, 1.165) is 0 Å². The quantitative estimate of drug-likeness (QED) is 0.496. The van der Waals surface area contributed by atoms with Gasteiger partial charge in [-0.05, 0) is 24.3 Å². The minimum atomic E-state index is -0.405. The zero-order valence-electron chi connectivity index (χ0n) is 12.2. The molecule has 4 aromatic rings. The maximum atomic E-state index is 13.7. The van der Waals surface area contributed by atoms with E-state index >= 15 is 0 Å². The summed E-state index contributed by atoms with van der Waals surface area (Å²) in [7, 11) is 0. The van der Waals surface area contributed by atoms with Crippen LogP contribution in [0, 0.1) is 5.82 Å². The SMILES string of the molecule is Fc1ccccc1-c1nnc(SCc2cc(-c3ccco3)on2)o1. The van der Waals surface area contributed by atoms with E-state index in [1.54, 1.807) is 42.7 Å². The van der Waals surface area contributed by atoms with Crippen LogP contribution in [0.1, 0.15) is 5.69 Å². The van der Waals surface area contributed by atoms with Gasteiger partial charge in [0.25, 0.3) is 11.1 Å². The summed E-state index contributed by atoms with van der Waals surface area (Å²) in [6.07, 6.45) is 1.56. The van der Waals surface area contributed by atoms with E-state index in [1.165, 1.54) is 17.8 Å². The Balaban J connectivity index is 1.45. The number of thioether (sulfide) groups is 1. The van der Waals surface area contributed by atoms with E-state index in [4.69, 9.17) is 13.4 Å². The van der Waals surface area contributed by atoms with Crippen molar-refractivity contribution >= 4 is 11.8 Å². The molecule has 6 nitrogen and oxygen atoms in total. The first-order valence-electron chi connectivity index (χ1n) is 7.00. The lowest BCUT2D eigenvalue weighted by molar-refractivity contribution is 0.413. The third kappa shape index (κ3) is 2.95. The molecule has 3 heterocycles. The second-order valence-corrected chi connectivity index (χ2v) is 5.73.